The number of carbonyl (C=O) groups is 2. The van der Waals surface area contributed by atoms with Crippen LogP contribution in [0.15, 0.2) is 84.9 Å². The Kier molecular flexibility index (Phi) is 10.1. The van der Waals surface area contributed by atoms with Gasteiger partial charge >= 0.3 is 6.09 Å². The summed E-state index contributed by atoms with van der Waals surface area (Å²) in [5, 5.41) is 14.5. The molecule has 194 valence electrons. The van der Waals surface area contributed by atoms with Gasteiger partial charge in [-0.25, -0.2) is 4.79 Å². The number of nitrogens with two attached hydrogens (primary N) is 1. The Labute approximate surface area is 215 Å². The van der Waals surface area contributed by atoms with Gasteiger partial charge in [0.1, 0.15) is 18.5 Å². The third-order valence-electron chi connectivity index (χ3n) is 5.31. The molecule has 0 unspecified atom stereocenters. The number of anilines is 3. The summed E-state index contributed by atoms with van der Waals surface area (Å²) in [6.45, 7) is 1.91. The van der Waals surface area contributed by atoms with Gasteiger partial charge in [-0.1, -0.05) is 42.0 Å². The van der Waals surface area contributed by atoms with Crippen molar-refractivity contribution in [1.82, 2.24) is 0 Å². The van der Waals surface area contributed by atoms with Gasteiger partial charge in [-0.15, -0.1) is 0 Å². The lowest BCUT2D eigenvalue weighted by Gasteiger charge is -2.25. The summed E-state index contributed by atoms with van der Waals surface area (Å²) in [4.78, 5) is 25.3. The molecule has 9 heteroatoms. The molecule has 0 heterocycles. The van der Waals surface area contributed by atoms with Crippen LogP contribution >= 0.6 is 0 Å². The highest BCUT2D eigenvalue weighted by atomic mass is 16.6. The normalized spacial score (nSPS) is 12.5. The third kappa shape index (κ3) is 8.38. The fourth-order valence-electron chi connectivity index (χ4n) is 3.44. The lowest BCUT2D eigenvalue weighted by atomic mass is 10.0. The topological polar surface area (TPSA) is 132 Å². The third-order valence-corrected chi connectivity index (χ3v) is 5.31. The monoisotopic (exact) mass is 505 g/mol. The zero-order valence-electron chi connectivity index (χ0n) is 20.7. The van der Waals surface area contributed by atoms with Gasteiger partial charge in [0, 0.05) is 18.9 Å². The van der Waals surface area contributed by atoms with Gasteiger partial charge < -0.3 is 30.4 Å². The summed E-state index contributed by atoms with van der Waals surface area (Å²) in [6, 6.07) is 21.1. The Morgan fingerprint density at radius 1 is 1.03 bits per heavy atom. The van der Waals surface area contributed by atoms with Gasteiger partial charge in [0.15, 0.2) is 6.10 Å². The van der Waals surface area contributed by atoms with E-state index in [1.54, 1.807) is 60.7 Å². The maximum absolute atomic E-state index is 12.8. The molecular formula is C28H31N3O6. The first-order chi connectivity index (χ1) is 17.9. The minimum Gasteiger partial charge on any atom is -0.491 e. The number of aryl methyl sites for hydroxylation is 1. The number of hydrogen-bond acceptors (Lipinski definition) is 7. The quantitative estimate of drug-likeness (QED) is 0.224. The lowest BCUT2D eigenvalue weighted by molar-refractivity contribution is -0.112. The first-order valence-electron chi connectivity index (χ1n) is 11.6. The molecule has 0 bridgehead atoms. The molecule has 0 fully saturated rings. The van der Waals surface area contributed by atoms with E-state index in [2.05, 4.69) is 10.6 Å². The van der Waals surface area contributed by atoms with Crippen molar-refractivity contribution in [3.63, 3.8) is 0 Å². The molecule has 0 aliphatic carbocycles. The highest BCUT2D eigenvalue weighted by molar-refractivity contribution is 6.01. The van der Waals surface area contributed by atoms with E-state index >= 15 is 0 Å². The molecule has 3 aromatic carbocycles. The number of nitrogens with one attached hydrogen (secondary N) is 2. The van der Waals surface area contributed by atoms with Crippen LogP contribution in [0, 0.1) is 6.92 Å². The van der Waals surface area contributed by atoms with Crippen LogP contribution in [-0.2, 0) is 14.3 Å². The zero-order chi connectivity index (χ0) is 26.6. The van der Waals surface area contributed by atoms with E-state index in [0.717, 1.165) is 5.56 Å². The molecule has 9 nitrogen and oxygen atoms in total. The fourth-order valence-corrected chi connectivity index (χ4v) is 3.44. The van der Waals surface area contributed by atoms with Gasteiger partial charge in [-0.3, -0.25) is 10.1 Å². The van der Waals surface area contributed by atoms with E-state index in [9.17, 15) is 9.59 Å². The molecule has 0 spiro atoms. The van der Waals surface area contributed by atoms with Gasteiger partial charge in [-0.05, 0) is 55.0 Å². The first-order valence-corrected chi connectivity index (χ1v) is 11.6. The zero-order valence-corrected chi connectivity index (χ0v) is 20.7. The van der Waals surface area contributed by atoms with Gasteiger partial charge in [0.2, 0.25) is 5.91 Å². The second-order valence-electron chi connectivity index (χ2n) is 8.10. The standard InChI is InChI=1S/C28H31N3O6/c1-19-10-12-21(13-11-19)30-28(34)37-27(20-6-5-7-22(18-20)36-17-16-32)25(35-2)14-15-26(33)31-24-9-4-3-8-23(24)29/h3-15,18,25,27,32H,16-17,29H2,1-2H3,(H,30,34)(H,31,33)/b15-14+/t25-,27-/m0/s1. The summed E-state index contributed by atoms with van der Waals surface area (Å²) >= 11 is 0. The van der Waals surface area contributed by atoms with Crippen LogP contribution in [0.2, 0.25) is 0 Å². The average molecular weight is 506 g/mol. The van der Waals surface area contributed by atoms with E-state index < -0.39 is 24.2 Å². The van der Waals surface area contributed by atoms with E-state index in [1.807, 2.05) is 19.1 Å². The Morgan fingerprint density at radius 3 is 2.49 bits per heavy atom. The smallest absolute Gasteiger partial charge is 0.412 e. The van der Waals surface area contributed by atoms with Crippen molar-refractivity contribution in [3.8, 4) is 5.75 Å². The van der Waals surface area contributed by atoms with Crippen LogP contribution in [0.5, 0.6) is 5.75 Å². The van der Waals surface area contributed by atoms with Crippen LogP contribution in [0.25, 0.3) is 0 Å². The van der Waals surface area contributed by atoms with Crippen LogP contribution in [0.3, 0.4) is 0 Å². The molecule has 0 aromatic heterocycles. The van der Waals surface area contributed by atoms with Crippen molar-refractivity contribution < 1.29 is 28.9 Å². The molecule has 5 N–H and O–H groups in total. The second-order valence-corrected chi connectivity index (χ2v) is 8.10. The summed E-state index contributed by atoms with van der Waals surface area (Å²) in [5.74, 6) is 0.0538. The van der Waals surface area contributed by atoms with Gasteiger partial charge in [0.25, 0.3) is 0 Å². The molecule has 2 amide bonds. The first kappa shape index (κ1) is 27.3. The number of amides is 2. The van der Waals surface area contributed by atoms with Gasteiger partial charge in [0.05, 0.1) is 18.0 Å². The highest BCUT2D eigenvalue weighted by Gasteiger charge is 2.26. The number of benzene rings is 3. The number of carbonyl (C=O) groups excluding carboxylic acids is 2. The molecule has 0 aliphatic rings. The molecule has 0 saturated heterocycles. The van der Waals surface area contributed by atoms with Crippen molar-refractivity contribution in [2.24, 2.45) is 0 Å². The van der Waals surface area contributed by atoms with Crippen LogP contribution < -0.4 is 21.1 Å². The number of para-hydroxylation sites is 2. The fraction of sp³-hybridized carbons (Fsp3) is 0.214. The molecule has 0 saturated carbocycles. The number of hydrogen-bond donors (Lipinski definition) is 4. The molecule has 2 atom stereocenters. The van der Waals surface area contributed by atoms with Crippen LogP contribution in [-0.4, -0.2) is 43.5 Å². The van der Waals surface area contributed by atoms with Crippen molar-refractivity contribution in [1.29, 1.82) is 0 Å². The number of methoxy groups -OCH3 is 1. The minimum atomic E-state index is -0.932. The van der Waals surface area contributed by atoms with Crippen molar-refractivity contribution in [3.05, 3.63) is 96.1 Å². The number of ether oxygens (including phenoxy) is 3. The second kappa shape index (κ2) is 13.7. The van der Waals surface area contributed by atoms with E-state index in [0.29, 0.717) is 28.4 Å². The SMILES string of the molecule is CO[C@@H](/C=C/C(=O)Nc1ccccc1N)[C@@H](OC(=O)Nc1ccc(C)cc1)c1cccc(OCCO)c1. The van der Waals surface area contributed by atoms with Crippen molar-refractivity contribution >= 4 is 29.1 Å². The predicted octanol–water partition coefficient (Wildman–Crippen LogP) is 4.45. The summed E-state index contributed by atoms with van der Waals surface area (Å²) < 4.78 is 16.9. The van der Waals surface area contributed by atoms with E-state index in [1.165, 1.54) is 19.3 Å². The predicted molar refractivity (Wildman–Crippen MR) is 142 cm³/mol. The minimum absolute atomic E-state index is 0.110. The number of aliphatic hydroxyl groups is 1. The van der Waals surface area contributed by atoms with Crippen molar-refractivity contribution in [2.75, 3.05) is 36.7 Å². The van der Waals surface area contributed by atoms with E-state index in [-0.39, 0.29) is 13.2 Å². The number of aliphatic hydroxyl groups excluding tert-OH is 1. The van der Waals surface area contributed by atoms with E-state index in [4.69, 9.17) is 25.1 Å². The highest BCUT2D eigenvalue weighted by Crippen LogP contribution is 2.28. The average Bonchev–Trinajstić information content (AvgIpc) is 2.90. The molecular weight excluding hydrogens is 474 g/mol. The molecule has 3 rings (SSSR count). The molecule has 3 aromatic rings. The Hall–Kier alpha value is -4.34. The van der Waals surface area contributed by atoms with Crippen molar-refractivity contribution in [2.45, 2.75) is 19.1 Å². The number of rotatable bonds is 11. The molecule has 0 aliphatic heterocycles. The summed E-state index contributed by atoms with van der Waals surface area (Å²) in [6.07, 6.45) is 0.336. The maximum atomic E-state index is 12.8. The van der Waals surface area contributed by atoms with Crippen LogP contribution in [0.1, 0.15) is 17.2 Å². The molecule has 0 radical (unpaired) electrons. The Bertz CT molecular complexity index is 1210. The Morgan fingerprint density at radius 2 is 1.78 bits per heavy atom. The largest absolute Gasteiger partial charge is 0.491 e. The Balaban J connectivity index is 1.82. The summed E-state index contributed by atoms with van der Waals surface area (Å²) in [7, 11) is 1.45. The maximum Gasteiger partial charge on any atom is 0.412 e. The molecule has 37 heavy (non-hydrogen) atoms. The van der Waals surface area contributed by atoms with Gasteiger partial charge in [-0.2, -0.15) is 0 Å². The lowest BCUT2D eigenvalue weighted by Crippen LogP contribution is -2.27. The summed E-state index contributed by atoms with van der Waals surface area (Å²) in [5.41, 5.74) is 8.99. The number of nitrogen functional groups attached to an aromatic ring is 1. The van der Waals surface area contributed by atoms with Crippen LogP contribution in [0.4, 0.5) is 21.9 Å².